The molecule has 2 amide bonds. The summed E-state index contributed by atoms with van der Waals surface area (Å²) >= 11 is 3.26. The number of nitrogens with zero attached hydrogens (tertiary/aromatic N) is 1. The van der Waals surface area contributed by atoms with Crippen molar-refractivity contribution in [3.63, 3.8) is 0 Å². The van der Waals surface area contributed by atoms with E-state index in [-0.39, 0.29) is 35.8 Å². The highest BCUT2D eigenvalue weighted by atomic mass is 79.9. The molecule has 1 aliphatic carbocycles. The van der Waals surface area contributed by atoms with Crippen molar-refractivity contribution in [1.82, 2.24) is 10.3 Å². The second-order valence-corrected chi connectivity index (χ2v) is 12.0. The number of urea groups is 1. The number of hydrogen-bond donors (Lipinski definition) is 4. The predicted octanol–water partition coefficient (Wildman–Crippen LogP) is 4.07. The summed E-state index contributed by atoms with van der Waals surface area (Å²) < 4.78 is 26.8. The van der Waals surface area contributed by atoms with Gasteiger partial charge in [0, 0.05) is 34.6 Å². The summed E-state index contributed by atoms with van der Waals surface area (Å²) in [6.07, 6.45) is -0.223. The number of carbonyl (C=O) groups excluding carboxylic acids is 4. The summed E-state index contributed by atoms with van der Waals surface area (Å²) in [5, 5.41) is 16.1. The minimum Gasteiger partial charge on any atom is -0.463 e. The zero-order chi connectivity index (χ0) is 31.4. The van der Waals surface area contributed by atoms with Gasteiger partial charge in [-0.3, -0.25) is 19.7 Å². The van der Waals surface area contributed by atoms with Crippen LogP contribution in [-0.2, 0) is 14.3 Å². The Morgan fingerprint density at radius 3 is 2.50 bits per heavy atom. The van der Waals surface area contributed by atoms with Crippen LogP contribution in [0, 0.1) is 17.2 Å². The molecular formula is C29H36BrFN4O7. The number of benzene rings is 1. The molecule has 0 spiro atoms. The fourth-order valence-electron chi connectivity index (χ4n) is 4.09. The molecule has 13 heteroatoms. The zero-order valence-electron chi connectivity index (χ0n) is 24.1. The van der Waals surface area contributed by atoms with E-state index in [0.717, 1.165) is 10.5 Å². The number of carbonyl (C=O) groups is 4. The van der Waals surface area contributed by atoms with Crippen LogP contribution >= 0.6 is 15.9 Å². The highest BCUT2D eigenvalue weighted by Crippen LogP contribution is 2.47. The number of esters is 1. The number of aromatic nitrogens is 1. The maximum atomic E-state index is 15.2. The monoisotopic (exact) mass is 650 g/mol. The second kappa shape index (κ2) is 13.7. The first-order valence-corrected chi connectivity index (χ1v) is 14.3. The fourth-order valence-corrected chi connectivity index (χ4v) is 4.33. The number of Topliss-reactive ketones (excluding diaryl/α,β-unsaturated/α-hetero) is 2. The normalized spacial score (nSPS) is 17.7. The molecule has 3 rings (SSSR count). The number of ketones is 2. The van der Waals surface area contributed by atoms with Gasteiger partial charge in [-0.2, -0.15) is 0 Å². The first-order valence-electron chi connectivity index (χ1n) is 13.5. The lowest BCUT2D eigenvalue weighted by molar-refractivity contribution is -0.160. The number of amides is 2. The Kier molecular flexibility index (Phi) is 10.8. The van der Waals surface area contributed by atoms with E-state index in [2.05, 4.69) is 31.5 Å². The van der Waals surface area contributed by atoms with E-state index in [1.54, 1.807) is 32.9 Å². The lowest BCUT2D eigenvalue weighted by atomic mass is 9.88. The van der Waals surface area contributed by atoms with Gasteiger partial charge in [0.2, 0.25) is 5.78 Å². The molecule has 5 N–H and O–H groups in total. The third-order valence-electron chi connectivity index (χ3n) is 6.90. The Morgan fingerprint density at radius 1 is 1.21 bits per heavy atom. The van der Waals surface area contributed by atoms with Gasteiger partial charge in [0.1, 0.15) is 30.0 Å². The molecule has 1 heterocycles. The molecule has 228 valence electrons. The smallest absolute Gasteiger partial charge is 0.323 e. The number of ether oxygens (including phenoxy) is 2. The molecular weight excluding hydrogens is 615 g/mol. The van der Waals surface area contributed by atoms with E-state index in [1.807, 2.05) is 0 Å². The quantitative estimate of drug-likeness (QED) is 0.142. The Bertz CT molecular complexity index is 1340. The van der Waals surface area contributed by atoms with E-state index in [9.17, 15) is 24.3 Å². The molecule has 0 aliphatic heterocycles. The van der Waals surface area contributed by atoms with Crippen LogP contribution in [-0.4, -0.2) is 58.6 Å². The van der Waals surface area contributed by atoms with E-state index < -0.39 is 59.1 Å². The number of nitrogens with one attached hydrogen (secondary N) is 2. The first kappa shape index (κ1) is 33.1. The predicted molar refractivity (Wildman–Crippen MR) is 155 cm³/mol. The van der Waals surface area contributed by atoms with Crippen molar-refractivity contribution >= 4 is 45.3 Å². The average molecular weight is 652 g/mol. The lowest BCUT2D eigenvalue weighted by Crippen LogP contribution is -2.44. The minimum atomic E-state index is -2.11. The van der Waals surface area contributed by atoms with E-state index in [0.29, 0.717) is 12.2 Å². The number of aliphatic hydroxyl groups is 1. The molecule has 3 unspecified atom stereocenters. The standard InChI is InChI=1S/C29H36BrFN4O7/c1-6-20(36)16-8-9-18(31)22(17-11-19(17)34-28(40)35-21-10-7-15(30)12-33-21)24(16)42-27(39)25(37)29(4,5)13-41-26(38)23(32)14(2)3/h7-10,12,14,17,19,23,27,39H,6,11,13,32H2,1-5H3,(H2,33,34,35,40)/t17?,19?,23-,27?/m0/s1. The maximum Gasteiger partial charge on any atom is 0.323 e. The number of hydrogen-bond acceptors (Lipinski definition) is 9. The Morgan fingerprint density at radius 2 is 1.90 bits per heavy atom. The van der Waals surface area contributed by atoms with Crippen LogP contribution in [0.25, 0.3) is 0 Å². The van der Waals surface area contributed by atoms with E-state index in [1.165, 1.54) is 26.1 Å². The second-order valence-electron chi connectivity index (χ2n) is 11.1. The number of anilines is 1. The number of nitrogens with two attached hydrogens (primary N) is 1. The first-order chi connectivity index (χ1) is 19.7. The highest BCUT2D eigenvalue weighted by molar-refractivity contribution is 9.10. The van der Waals surface area contributed by atoms with Crippen molar-refractivity contribution in [2.24, 2.45) is 17.1 Å². The van der Waals surface area contributed by atoms with Crippen molar-refractivity contribution in [3.8, 4) is 5.75 Å². The highest BCUT2D eigenvalue weighted by Gasteiger charge is 2.45. The molecule has 0 radical (unpaired) electrons. The largest absolute Gasteiger partial charge is 0.463 e. The van der Waals surface area contributed by atoms with Crippen LogP contribution in [0.4, 0.5) is 15.0 Å². The van der Waals surface area contributed by atoms with Gasteiger partial charge in [-0.25, -0.2) is 14.2 Å². The summed E-state index contributed by atoms with van der Waals surface area (Å²) in [7, 11) is 0. The molecule has 1 aromatic heterocycles. The molecule has 0 saturated heterocycles. The molecule has 2 aromatic rings. The summed E-state index contributed by atoms with van der Waals surface area (Å²) in [5.74, 6) is -3.43. The van der Waals surface area contributed by atoms with Gasteiger partial charge in [0.05, 0.1) is 11.0 Å². The number of halogens is 2. The zero-order valence-corrected chi connectivity index (χ0v) is 25.7. The topological polar surface area (TPSA) is 170 Å². The lowest BCUT2D eigenvalue weighted by Gasteiger charge is -2.27. The summed E-state index contributed by atoms with van der Waals surface area (Å²) in [5.41, 5.74) is 4.34. The molecule has 1 fully saturated rings. The van der Waals surface area contributed by atoms with Crippen molar-refractivity contribution in [2.45, 2.75) is 71.8 Å². The molecule has 1 aromatic carbocycles. The average Bonchev–Trinajstić information content (AvgIpc) is 3.69. The van der Waals surface area contributed by atoms with Gasteiger partial charge in [-0.1, -0.05) is 20.8 Å². The molecule has 0 bridgehead atoms. The van der Waals surface area contributed by atoms with Crippen molar-refractivity contribution in [3.05, 3.63) is 51.9 Å². The third-order valence-corrected chi connectivity index (χ3v) is 7.37. The summed E-state index contributed by atoms with van der Waals surface area (Å²) in [4.78, 5) is 54.7. The van der Waals surface area contributed by atoms with Crippen LogP contribution in [0.2, 0.25) is 0 Å². The maximum absolute atomic E-state index is 15.2. The van der Waals surface area contributed by atoms with Crippen molar-refractivity contribution < 1.29 is 38.1 Å². The van der Waals surface area contributed by atoms with Gasteiger partial charge in [0.25, 0.3) is 6.29 Å². The van der Waals surface area contributed by atoms with Crippen LogP contribution in [0.3, 0.4) is 0 Å². The fraction of sp³-hybridized carbons (Fsp3) is 0.483. The number of rotatable bonds is 13. The Labute approximate surface area is 251 Å². The molecule has 42 heavy (non-hydrogen) atoms. The molecule has 1 aliphatic rings. The van der Waals surface area contributed by atoms with E-state index in [4.69, 9.17) is 15.2 Å². The summed E-state index contributed by atoms with van der Waals surface area (Å²) in [6.45, 7) is 7.60. The van der Waals surface area contributed by atoms with Crippen LogP contribution in [0.1, 0.15) is 69.3 Å². The summed E-state index contributed by atoms with van der Waals surface area (Å²) in [6, 6.07) is 3.68. The van der Waals surface area contributed by atoms with Crippen molar-refractivity contribution in [2.75, 3.05) is 11.9 Å². The molecule has 11 nitrogen and oxygen atoms in total. The number of aliphatic hydroxyl groups excluding tert-OH is 1. The molecule has 1 saturated carbocycles. The Balaban J connectivity index is 1.78. The van der Waals surface area contributed by atoms with Gasteiger partial charge in [-0.15, -0.1) is 0 Å². The number of pyridine rings is 1. The molecule has 4 atom stereocenters. The van der Waals surface area contributed by atoms with Crippen molar-refractivity contribution in [1.29, 1.82) is 0 Å². The Hall–Kier alpha value is -3.42. The minimum absolute atomic E-state index is 0.0120. The SMILES string of the molecule is CCC(=O)c1ccc(F)c(C2CC2NC(=O)Nc2ccc(Br)cn2)c1OC(O)C(=O)C(C)(C)COC(=O)[C@@H](N)C(C)C. The van der Waals surface area contributed by atoms with Gasteiger partial charge >= 0.3 is 12.0 Å². The van der Waals surface area contributed by atoms with E-state index >= 15 is 4.39 Å². The van der Waals surface area contributed by atoms with Gasteiger partial charge in [-0.05, 0) is 66.4 Å². The third kappa shape index (κ3) is 8.11. The van der Waals surface area contributed by atoms with Crippen LogP contribution in [0.5, 0.6) is 5.75 Å². The van der Waals surface area contributed by atoms with Gasteiger partial charge < -0.3 is 25.6 Å². The van der Waals surface area contributed by atoms with Gasteiger partial charge in [0.15, 0.2) is 5.78 Å². The van der Waals surface area contributed by atoms with Crippen LogP contribution < -0.4 is 21.1 Å². The van der Waals surface area contributed by atoms with Crippen LogP contribution in [0.15, 0.2) is 34.9 Å².